The number of benzene rings is 2. The van der Waals surface area contributed by atoms with Crippen LogP contribution < -0.4 is 14.4 Å². The molecule has 148 valence electrons. The summed E-state index contributed by atoms with van der Waals surface area (Å²) in [7, 11) is -2.41. The fraction of sp³-hybridized carbons (Fsp3) is 0.222. The predicted octanol–water partition coefficient (Wildman–Crippen LogP) is 2.29. The van der Waals surface area contributed by atoms with Crippen LogP contribution in [0.4, 0.5) is 11.4 Å². The molecule has 0 saturated carbocycles. The van der Waals surface area contributed by atoms with E-state index in [1.54, 1.807) is 24.3 Å². The maximum atomic E-state index is 12.7. The molecule has 0 bridgehead atoms. The van der Waals surface area contributed by atoms with Crippen molar-refractivity contribution in [3.05, 3.63) is 53.1 Å². The lowest BCUT2D eigenvalue weighted by molar-refractivity contribution is -0.122. The maximum absolute atomic E-state index is 12.7. The molecule has 0 fully saturated rings. The lowest BCUT2D eigenvalue weighted by atomic mass is 10.2. The van der Waals surface area contributed by atoms with Gasteiger partial charge in [0.15, 0.2) is 6.10 Å². The molecule has 2 aromatic carbocycles. The highest BCUT2D eigenvalue weighted by Gasteiger charge is 2.35. The number of sulfonamides is 1. The zero-order valence-corrected chi connectivity index (χ0v) is 16.6. The standard InChI is InChI=1S/C18H17ClN2O6S/c1-26-18(23)11-4-3-5-13(8-11)20-17(22)16-10-21(28(2,24)25)14-9-12(19)6-7-15(14)27-16/h3-9,16H,10H2,1-2H3,(H,20,22)/t16-/m1/s1. The van der Waals surface area contributed by atoms with Gasteiger partial charge in [-0.1, -0.05) is 17.7 Å². The van der Waals surface area contributed by atoms with Gasteiger partial charge in [0.25, 0.3) is 5.91 Å². The number of halogens is 1. The van der Waals surface area contributed by atoms with Crippen LogP contribution in [0.25, 0.3) is 0 Å². The summed E-state index contributed by atoms with van der Waals surface area (Å²) in [5, 5.41) is 2.97. The first-order valence-corrected chi connectivity index (χ1v) is 10.3. The first-order chi connectivity index (χ1) is 13.2. The molecule has 3 rings (SSSR count). The Bertz CT molecular complexity index is 1040. The number of nitrogens with zero attached hydrogens (tertiary/aromatic N) is 1. The van der Waals surface area contributed by atoms with E-state index in [2.05, 4.69) is 10.1 Å². The van der Waals surface area contributed by atoms with Crippen LogP contribution in [-0.2, 0) is 19.6 Å². The number of methoxy groups -OCH3 is 1. The number of esters is 1. The Morgan fingerprint density at radius 1 is 1.25 bits per heavy atom. The number of amides is 1. The summed E-state index contributed by atoms with van der Waals surface area (Å²) in [5.41, 5.74) is 0.888. The molecule has 1 aliphatic heterocycles. The average molecular weight is 425 g/mol. The van der Waals surface area contributed by atoms with E-state index < -0.39 is 28.0 Å². The second kappa shape index (κ2) is 7.69. The molecule has 0 spiro atoms. The highest BCUT2D eigenvalue weighted by molar-refractivity contribution is 7.92. The number of hydrogen-bond acceptors (Lipinski definition) is 6. The molecule has 1 amide bonds. The van der Waals surface area contributed by atoms with Gasteiger partial charge in [0.2, 0.25) is 10.0 Å². The minimum atomic E-state index is -3.66. The minimum Gasteiger partial charge on any atom is -0.476 e. The molecule has 1 aliphatic rings. The predicted molar refractivity (Wildman–Crippen MR) is 104 cm³/mol. The lowest BCUT2D eigenvalue weighted by Gasteiger charge is -2.34. The fourth-order valence-electron chi connectivity index (χ4n) is 2.74. The molecular weight excluding hydrogens is 408 g/mol. The molecule has 0 saturated heterocycles. The van der Waals surface area contributed by atoms with Gasteiger partial charge in [-0.15, -0.1) is 0 Å². The van der Waals surface area contributed by atoms with Gasteiger partial charge in [0.05, 0.1) is 31.2 Å². The van der Waals surface area contributed by atoms with Gasteiger partial charge in [-0.25, -0.2) is 13.2 Å². The molecule has 0 aliphatic carbocycles. The second-order valence-corrected chi connectivity index (χ2v) is 8.42. The average Bonchev–Trinajstić information content (AvgIpc) is 2.65. The number of anilines is 2. The number of ether oxygens (including phenoxy) is 2. The summed E-state index contributed by atoms with van der Waals surface area (Å²) in [4.78, 5) is 24.3. The molecule has 1 heterocycles. The van der Waals surface area contributed by atoms with Crippen LogP contribution in [0.2, 0.25) is 5.02 Å². The number of nitrogens with one attached hydrogen (secondary N) is 1. The summed E-state index contributed by atoms with van der Waals surface area (Å²) in [6.07, 6.45) is -0.0529. The van der Waals surface area contributed by atoms with Crippen molar-refractivity contribution in [2.24, 2.45) is 0 Å². The summed E-state index contributed by atoms with van der Waals surface area (Å²) >= 11 is 5.96. The molecule has 1 atom stereocenters. The Morgan fingerprint density at radius 3 is 2.68 bits per heavy atom. The van der Waals surface area contributed by atoms with Gasteiger partial charge < -0.3 is 14.8 Å². The van der Waals surface area contributed by atoms with Crippen molar-refractivity contribution in [3.63, 3.8) is 0 Å². The maximum Gasteiger partial charge on any atom is 0.337 e. The van der Waals surface area contributed by atoms with Crippen LogP contribution in [0, 0.1) is 0 Å². The van der Waals surface area contributed by atoms with E-state index in [9.17, 15) is 18.0 Å². The molecule has 28 heavy (non-hydrogen) atoms. The van der Waals surface area contributed by atoms with Crippen LogP contribution in [0.3, 0.4) is 0 Å². The quantitative estimate of drug-likeness (QED) is 0.755. The van der Waals surface area contributed by atoms with Crippen LogP contribution >= 0.6 is 11.6 Å². The minimum absolute atomic E-state index is 0.214. The third-order valence-corrected chi connectivity index (χ3v) is 5.42. The number of carbonyl (C=O) groups is 2. The molecule has 0 radical (unpaired) electrons. The SMILES string of the molecule is COC(=O)c1cccc(NC(=O)[C@H]2CN(S(C)(=O)=O)c3cc(Cl)ccc3O2)c1. The van der Waals surface area contributed by atoms with Crippen LogP contribution in [0.5, 0.6) is 5.75 Å². The van der Waals surface area contributed by atoms with Gasteiger partial charge >= 0.3 is 5.97 Å². The number of fused-ring (bicyclic) bond motifs is 1. The molecule has 0 aromatic heterocycles. The third kappa shape index (κ3) is 4.20. The van der Waals surface area contributed by atoms with E-state index in [0.717, 1.165) is 10.6 Å². The summed E-state index contributed by atoms with van der Waals surface area (Å²) in [5.74, 6) is -0.875. The van der Waals surface area contributed by atoms with Crippen molar-refractivity contribution in [2.75, 3.05) is 29.5 Å². The van der Waals surface area contributed by atoms with E-state index in [4.69, 9.17) is 16.3 Å². The normalized spacial score (nSPS) is 16.0. The van der Waals surface area contributed by atoms with Crippen LogP contribution in [0.1, 0.15) is 10.4 Å². The Labute approximate surface area is 167 Å². The zero-order chi connectivity index (χ0) is 20.5. The largest absolute Gasteiger partial charge is 0.476 e. The zero-order valence-electron chi connectivity index (χ0n) is 15.0. The Hall–Kier alpha value is -2.78. The third-order valence-electron chi connectivity index (χ3n) is 4.03. The first-order valence-electron chi connectivity index (χ1n) is 8.12. The number of hydrogen-bond donors (Lipinski definition) is 1. The second-order valence-electron chi connectivity index (χ2n) is 6.07. The van der Waals surface area contributed by atoms with E-state index in [-0.39, 0.29) is 23.5 Å². The Balaban J connectivity index is 1.85. The van der Waals surface area contributed by atoms with Gasteiger partial charge in [0.1, 0.15) is 5.75 Å². The van der Waals surface area contributed by atoms with Crippen molar-refractivity contribution >= 4 is 44.9 Å². The first kappa shape index (κ1) is 20.0. The van der Waals surface area contributed by atoms with E-state index in [1.165, 1.54) is 25.3 Å². The smallest absolute Gasteiger partial charge is 0.337 e. The van der Waals surface area contributed by atoms with Crippen molar-refractivity contribution in [2.45, 2.75) is 6.10 Å². The highest BCUT2D eigenvalue weighted by atomic mass is 35.5. The molecule has 8 nitrogen and oxygen atoms in total. The van der Waals surface area contributed by atoms with E-state index in [1.807, 2.05) is 0 Å². The fourth-order valence-corrected chi connectivity index (χ4v) is 3.81. The Morgan fingerprint density at radius 2 is 2.00 bits per heavy atom. The summed E-state index contributed by atoms with van der Waals surface area (Å²) in [6, 6.07) is 10.7. The molecule has 0 unspecified atom stereocenters. The monoisotopic (exact) mass is 424 g/mol. The number of carbonyl (C=O) groups excluding carboxylic acids is 2. The van der Waals surface area contributed by atoms with Crippen molar-refractivity contribution in [3.8, 4) is 5.75 Å². The Kier molecular flexibility index (Phi) is 5.48. The molecule has 10 heteroatoms. The van der Waals surface area contributed by atoms with Gasteiger partial charge in [-0.3, -0.25) is 9.10 Å². The van der Waals surface area contributed by atoms with Gasteiger partial charge in [-0.05, 0) is 36.4 Å². The van der Waals surface area contributed by atoms with Crippen molar-refractivity contribution < 1.29 is 27.5 Å². The topological polar surface area (TPSA) is 102 Å². The molecular formula is C18H17ClN2O6S. The van der Waals surface area contributed by atoms with Crippen LogP contribution in [-0.4, -0.2) is 46.3 Å². The lowest BCUT2D eigenvalue weighted by Crippen LogP contribution is -2.48. The van der Waals surface area contributed by atoms with Crippen molar-refractivity contribution in [1.29, 1.82) is 0 Å². The summed E-state index contributed by atoms with van der Waals surface area (Å²) < 4.78 is 35.8. The van der Waals surface area contributed by atoms with Gasteiger partial charge in [0, 0.05) is 10.7 Å². The number of rotatable bonds is 4. The highest BCUT2D eigenvalue weighted by Crippen LogP contribution is 2.37. The van der Waals surface area contributed by atoms with Gasteiger partial charge in [-0.2, -0.15) is 0 Å². The van der Waals surface area contributed by atoms with Crippen molar-refractivity contribution in [1.82, 2.24) is 0 Å². The van der Waals surface area contributed by atoms with E-state index in [0.29, 0.717) is 10.7 Å². The van der Waals surface area contributed by atoms with Crippen LogP contribution in [0.15, 0.2) is 42.5 Å². The van der Waals surface area contributed by atoms with E-state index >= 15 is 0 Å². The molecule has 1 N–H and O–H groups in total. The summed E-state index contributed by atoms with van der Waals surface area (Å²) in [6.45, 7) is -0.214. The molecule has 2 aromatic rings.